The number of nitrogens with one attached hydrogen (secondary N) is 1. The number of hydrogen-bond acceptors (Lipinski definition) is 3. The highest BCUT2D eigenvalue weighted by molar-refractivity contribution is 7.89. The summed E-state index contributed by atoms with van der Waals surface area (Å²) in [7, 11) is -3.46. The van der Waals surface area contributed by atoms with E-state index in [1.54, 1.807) is 31.4 Å². The van der Waals surface area contributed by atoms with E-state index in [4.69, 9.17) is 4.42 Å². The molecule has 0 saturated heterocycles. The standard InChI is InChI=1S/C15H19NO3S/c1-12-6-3-4-8-15(12)20(17,18)16-13(2)9-10-14-7-5-11-19-14/h3-8,11,13,16H,9-10H2,1-2H3. The molecule has 108 valence electrons. The highest BCUT2D eigenvalue weighted by atomic mass is 32.2. The van der Waals surface area contributed by atoms with Gasteiger partial charge in [0.05, 0.1) is 11.2 Å². The lowest BCUT2D eigenvalue weighted by Crippen LogP contribution is -2.33. The van der Waals surface area contributed by atoms with Crippen molar-refractivity contribution in [3.05, 3.63) is 54.0 Å². The topological polar surface area (TPSA) is 59.3 Å². The molecule has 0 saturated carbocycles. The summed E-state index contributed by atoms with van der Waals surface area (Å²) in [5.74, 6) is 0.868. The van der Waals surface area contributed by atoms with Gasteiger partial charge in [0, 0.05) is 12.5 Å². The fourth-order valence-electron chi connectivity index (χ4n) is 2.06. The minimum Gasteiger partial charge on any atom is -0.469 e. The first kappa shape index (κ1) is 14.8. The third kappa shape index (κ3) is 3.71. The van der Waals surface area contributed by atoms with Gasteiger partial charge >= 0.3 is 0 Å². The molecule has 0 aliphatic rings. The van der Waals surface area contributed by atoms with Crippen LogP contribution in [-0.2, 0) is 16.4 Å². The molecular weight excluding hydrogens is 274 g/mol. The third-order valence-electron chi connectivity index (χ3n) is 3.14. The van der Waals surface area contributed by atoms with Crippen LogP contribution in [0.1, 0.15) is 24.7 Å². The van der Waals surface area contributed by atoms with Gasteiger partial charge in [-0.25, -0.2) is 13.1 Å². The Bertz CT molecular complexity index is 648. The van der Waals surface area contributed by atoms with Crippen molar-refractivity contribution in [3.8, 4) is 0 Å². The van der Waals surface area contributed by atoms with E-state index >= 15 is 0 Å². The molecule has 1 atom stereocenters. The number of sulfonamides is 1. The second-order valence-electron chi connectivity index (χ2n) is 4.91. The van der Waals surface area contributed by atoms with Gasteiger partial charge in [-0.2, -0.15) is 0 Å². The van der Waals surface area contributed by atoms with Crippen molar-refractivity contribution in [2.24, 2.45) is 0 Å². The molecule has 1 heterocycles. The maximum atomic E-state index is 12.3. The van der Waals surface area contributed by atoms with Gasteiger partial charge in [-0.1, -0.05) is 18.2 Å². The van der Waals surface area contributed by atoms with E-state index < -0.39 is 10.0 Å². The predicted molar refractivity (Wildman–Crippen MR) is 78.0 cm³/mol. The second kappa shape index (κ2) is 6.24. The van der Waals surface area contributed by atoms with Crippen LogP contribution in [0.25, 0.3) is 0 Å². The van der Waals surface area contributed by atoms with Crippen LogP contribution in [0, 0.1) is 6.92 Å². The maximum Gasteiger partial charge on any atom is 0.241 e. The van der Waals surface area contributed by atoms with Gasteiger partial charge in [0.2, 0.25) is 10.0 Å². The van der Waals surface area contributed by atoms with Gasteiger partial charge in [0.15, 0.2) is 0 Å². The Hall–Kier alpha value is -1.59. The van der Waals surface area contributed by atoms with Crippen LogP contribution in [0.15, 0.2) is 52.0 Å². The molecule has 0 aliphatic carbocycles. The van der Waals surface area contributed by atoms with E-state index in [1.165, 1.54) is 0 Å². The summed E-state index contributed by atoms with van der Waals surface area (Å²) in [6, 6.07) is 10.5. The normalized spacial score (nSPS) is 13.3. The van der Waals surface area contributed by atoms with Crippen LogP contribution in [0.3, 0.4) is 0 Å². The third-order valence-corrected chi connectivity index (χ3v) is 4.89. The molecule has 5 heteroatoms. The first-order valence-corrected chi connectivity index (χ1v) is 8.08. The molecule has 2 aromatic rings. The molecule has 4 nitrogen and oxygen atoms in total. The Morgan fingerprint density at radius 2 is 1.95 bits per heavy atom. The van der Waals surface area contributed by atoms with Crippen molar-refractivity contribution in [3.63, 3.8) is 0 Å². The Morgan fingerprint density at radius 1 is 1.20 bits per heavy atom. The minimum atomic E-state index is -3.46. The molecule has 1 aromatic heterocycles. The summed E-state index contributed by atoms with van der Waals surface area (Å²) >= 11 is 0. The molecule has 1 N–H and O–H groups in total. The van der Waals surface area contributed by atoms with E-state index in [-0.39, 0.29) is 6.04 Å². The van der Waals surface area contributed by atoms with Crippen molar-refractivity contribution in [2.45, 2.75) is 37.6 Å². The van der Waals surface area contributed by atoms with Gasteiger partial charge in [0.1, 0.15) is 5.76 Å². The van der Waals surface area contributed by atoms with Gasteiger partial charge < -0.3 is 4.42 Å². The molecule has 0 aliphatic heterocycles. The monoisotopic (exact) mass is 293 g/mol. The molecule has 2 rings (SSSR count). The Balaban J connectivity index is 1.99. The van der Waals surface area contributed by atoms with Crippen LogP contribution in [-0.4, -0.2) is 14.5 Å². The summed E-state index contributed by atoms with van der Waals surface area (Å²) in [5.41, 5.74) is 0.748. The molecule has 0 fully saturated rings. The second-order valence-corrected chi connectivity index (χ2v) is 6.59. The lowest BCUT2D eigenvalue weighted by atomic mass is 10.2. The summed E-state index contributed by atoms with van der Waals surface area (Å²) in [4.78, 5) is 0.338. The zero-order valence-corrected chi connectivity index (χ0v) is 12.5. The fourth-order valence-corrected chi connectivity index (χ4v) is 3.58. The number of aryl methyl sites for hydroxylation is 2. The molecule has 0 spiro atoms. The fraction of sp³-hybridized carbons (Fsp3) is 0.333. The van der Waals surface area contributed by atoms with Crippen molar-refractivity contribution in [2.75, 3.05) is 0 Å². The average Bonchev–Trinajstić information content (AvgIpc) is 2.89. The lowest BCUT2D eigenvalue weighted by molar-refractivity contribution is 0.480. The Labute approximate surface area is 119 Å². The average molecular weight is 293 g/mol. The minimum absolute atomic E-state index is 0.148. The molecular formula is C15H19NO3S. The Kier molecular flexibility index (Phi) is 4.62. The van der Waals surface area contributed by atoms with Crippen LogP contribution in [0.2, 0.25) is 0 Å². The maximum absolute atomic E-state index is 12.3. The van der Waals surface area contributed by atoms with Gasteiger partial charge in [-0.3, -0.25) is 0 Å². The molecule has 0 bridgehead atoms. The van der Waals surface area contributed by atoms with Crippen LogP contribution in [0.4, 0.5) is 0 Å². The number of hydrogen-bond donors (Lipinski definition) is 1. The summed E-state index contributed by atoms with van der Waals surface area (Å²) in [5, 5.41) is 0. The summed E-state index contributed by atoms with van der Waals surface area (Å²) in [6.45, 7) is 3.65. The van der Waals surface area contributed by atoms with E-state index in [2.05, 4.69) is 4.72 Å². The van der Waals surface area contributed by atoms with Crippen molar-refractivity contribution in [1.29, 1.82) is 0 Å². The van der Waals surface area contributed by atoms with Crippen molar-refractivity contribution < 1.29 is 12.8 Å². The van der Waals surface area contributed by atoms with E-state index in [1.807, 2.05) is 25.1 Å². The Morgan fingerprint density at radius 3 is 2.60 bits per heavy atom. The molecule has 0 radical (unpaired) electrons. The van der Waals surface area contributed by atoms with E-state index in [0.717, 1.165) is 11.3 Å². The zero-order valence-electron chi connectivity index (χ0n) is 11.7. The highest BCUT2D eigenvalue weighted by Gasteiger charge is 2.19. The first-order chi connectivity index (χ1) is 9.49. The lowest BCUT2D eigenvalue weighted by Gasteiger charge is -2.14. The smallest absolute Gasteiger partial charge is 0.241 e. The number of furan rings is 1. The zero-order chi connectivity index (χ0) is 14.6. The largest absolute Gasteiger partial charge is 0.469 e. The van der Waals surface area contributed by atoms with Crippen LogP contribution >= 0.6 is 0 Å². The van der Waals surface area contributed by atoms with Gasteiger partial charge in [0.25, 0.3) is 0 Å². The molecule has 0 amide bonds. The van der Waals surface area contributed by atoms with Crippen molar-refractivity contribution in [1.82, 2.24) is 4.72 Å². The molecule has 1 aromatic carbocycles. The van der Waals surface area contributed by atoms with E-state index in [0.29, 0.717) is 17.7 Å². The first-order valence-electron chi connectivity index (χ1n) is 6.59. The number of rotatable bonds is 6. The summed E-state index contributed by atoms with van der Waals surface area (Å²) in [6.07, 6.45) is 3.03. The van der Waals surface area contributed by atoms with Crippen molar-refractivity contribution >= 4 is 10.0 Å². The highest BCUT2D eigenvalue weighted by Crippen LogP contribution is 2.15. The van der Waals surface area contributed by atoms with E-state index in [9.17, 15) is 8.42 Å². The molecule has 20 heavy (non-hydrogen) atoms. The van der Waals surface area contributed by atoms with Gasteiger partial charge in [-0.05, 0) is 44.0 Å². The molecule has 1 unspecified atom stereocenters. The van der Waals surface area contributed by atoms with Crippen LogP contribution < -0.4 is 4.72 Å². The van der Waals surface area contributed by atoms with Crippen LogP contribution in [0.5, 0.6) is 0 Å². The number of benzene rings is 1. The van der Waals surface area contributed by atoms with Gasteiger partial charge in [-0.15, -0.1) is 0 Å². The predicted octanol–water partition coefficient (Wildman–Crippen LogP) is 2.89. The summed E-state index contributed by atoms with van der Waals surface area (Å²) < 4.78 is 32.5. The quantitative estimate of drug-likeness (QED) is 0.891. The SMILES string of the molecule is Cc1ccccc1S(=O)(=O)NC(C)CCc1ccco1.